The first-order valence-electron chi connectivity index (χ1n) is 12.8. The molecule has 1 amide bonds. The average molecular weight is 516 g/mol. The molecule has 5 rings (SSSR count). The number of fused-ring (bicyclic) bond motifs is 4. The average Bonchev–Trinajstić information content (AvgIpc) is 2.86. The molecule has 2 N–H and O–H groups in total. The van der Waals surface area contributed by atoms with E-state index in [0.29, 0.717) is 29.8 Å². The van der Waals surface area contributed by atoms with Crippen molar-refractivity contribution in [1.82, 2.24) is 10.2 Å². The third-order valence-corrected chi connectivity index (χ3v) is 7.65. The topological polar surface area (TPSA) is 62.8 Å². The first kappa shape index (κ1) is 25.1. The maximum atomic E-state index is 14.0. The van der Waals surface area contributed by atoms with Gasteiger partial charge in [0.2, 0.25) is 5.91 Å². The zero-order chi connectivity index (χ0) is 26.2. The summed E-state index contributed by atoms with van der Waals surface area (Å²) in [5.74, 6) is 0.640. The van der Waals surface area contributed by atoms with Crippen molar-refractivity contribution in [1.29, 1.82) is 0 Å². The number of ether oxygens (including phenoxy) is 2. The Hall–Kier alpha value is -3.58. The van der Waals surface area contributed by atoms with E-state index in [2.05, 4.69) is 28.8 Å². The van der Waals surface area contributed by atoms with Crippen molar-refractivity contribution in [3.05, 3.63) is 89.0 Å². The van der Waals surface area contributed by atoms with Crippen LogP contribution in [0.15, 0.2) is 66.7 Å². The van der Waals surface area contributed by atoms with E-state index < -0.39 is 11.6 Å². The fourth-order valence-electron chi connectivity index (χ4n) is 5.48. The molecule has 0 aliphatic carbocycles. The second kappa shape index (κ2) is 10.1. The Morgan fingerprint density at radius 3 is 2.65 bits per heavy atom. The summed E-state index contributed by atoms with van der Waals surface area (Å²) in [7, 11) is 0. The van der Waals surface area contributed by atoms with Crippen molar-refractivity contribution >= 4 is 28.9 Å². The number of carbonyl (C=O) groups excluding carboxylic acids is 1. The summed E-state index contributed by atoms with van der Waals surface area (Å²) < 4.78 is 12.7. The highest BCUT2D eigenvalue weighted by Gasteiger charge is 2.59. The van der Waals surface area contributed by atoms with Crippen molar-refractivity contribution in [2.75, 3.05) is 18.5 Å². The maximum absolute atomic E-state index is 14.0. The first-order chi connectivity index (χ1) is 17.8. The Bertz CT molecular complexity index is 1330. The monoisotopic (exact) mass is 515 g/mol. The predicted octanol–water partition coefficient (Wildman–Crippen LogP) is 5.54. The minimum Gasteiger partial charge on any atom is -0.490 e. The van der Waals surface area contributed by atoms with Gasteiger partial charge in [-0.3, -0.25) is 4.79 Å². The van der Waals surface area contributed by atoms with Crippen LogP contribution >= 0.6 is 12.2 Å². The number of rotatable bonds is 7. The fourth-order valence-corrected chi connectivity index (χ4v) is 5.88. The molecular weight excluding hydrogens is 482 g/mol. The molecule has 37 heavy (non-hydrogen) atoms. The molecule has 0 unspecified atom stereocenters. The van der Waals surface area contributed by atoms with Gasteiger partial charge in [0.1, 0.15) is 5.92 Å². The Morgan fingerprint density at radius 2 is 1.92 bits per heavy atom. The number of para-hydroxylation sites is 1. The van der Waals surface area contributed by atoms with E-state index in [1.807, 2.05) is 81.1 Å². The molecule has 7 heteroatoms. The van der Waals surface area contributed by atoms with Crippen LogP contribution < -0.4 is 20.1 Å². The lowest BCUT2D eigenvalue weighted by Crippen LogP contribution is -2.71. The Kier molecular flexibility index (Phi) is 6.82. The van der Waals surface area contributed by atoms with Crippen LogP contribution in [0.4, 0.5) is 5.69 Å². The number of nitrogens with one attached hydrogen (secondary N) is 2. The lowest BCUT2D eigenvalue weighted by atomic mass is 9.78. The van der Waals surface area contributed by atoms with Gasteiger partial charge in [0, 0.05) is 17.8 Å². The molecule has 2 heterocycles. The van der Waals surface area contributed by atoms with Crippen LogP contribution in [0.2, 0.25) is 0 Å². The van der Waals surface area contributed by atoms with Crippen LogP contribution in [0.3, 0.4) is 0 Å². The summed E-state index contributed by atoms with van der Waals surface area (Å²) >= 11 is 5.86. The number of amides is 1. The molecule has 2 aliphatic heterocycles. The molecule has 3 atom stereocenters. The van der Waals surface area contributed by atoms with Crippen molar-refractivity contribution in [3.63, 3.8) is 0 Å². The normalized spacial score (nSPS) is 21.9. The minimum atomic E-state index is -1.02. The van der Waals surface area contributed by atoms with Crippen molar-refractivity contribution in [3.8, 4) is 11.5 Å². The highest BCUT2D eigenvalue weighted by atomic mass is 32.1. The van der Waals surface area contributed by atoms with Crippen LogP contribution in [0.1, 0.15) is 42.1 Å². The number of hydrogen-bond donors (Lipinski definition) is 2. The Balaban J connectivity index is 1.55. The Morgan fingerprint density at radius 1 is 1.14 bits per heavy atom. The van der Waals surface area contributed by atoms with E-state index in [0.717, 1.165) is 28.8 Å². The quantitative estimate of drug-likeness (QED) is 0.403. The van der Waals surface area contributed by atoms with E-state index >= 15 is 0 Å². The summed E-state index contributed by atoms with van der Waals surface area (Å²) in [5.41, 5.74) is 4.00. The third-order valence-electron chi connectivity index (χ3n) is 7.31. The molecule has 6 nitrogen and oxygen atoms in total. The number of hydrogen-bond acceptors (Lipinski definition) is 4. The van der Waals surface area contributed by atoms with Crippen molar-refractivity contribution in [2.24, 2.45) is 5.92 Å². The Labute approximate surface area is 224 Å². The minimum absolute atomic E-state index is 0.119. The van der Waals surface area contributed by atoms with Gasteiger partial charge >= 0.3 is 0 Å². The number of thiocarbonyl (C=S) groups is 1. The number of anilines is 1. The van der Waals surface area contributed by atoms with E-state index in [-0.39, 0.29) is 11.9 Å². The molecular formula is C30H33N3O3S. The second-order valence-corrected chi connectivity index (χ2v) is 10.3. The van der Waals surface area contributed by atoms with E-state index in [1.165, 1.54) is 5.56 Å². The molecule has 0 radical (unpaired) electrons. The molecule has 3 aromatic carbocycles. The standard InChI is InChI=1S/C30H33N3O3S/c1-5-35-24-13-9-12-22-26-25(28(34)31-23-15-14-19(2)18-20(23)3)30(4,36-27(22)24)33(29(37)32-26)17-16-21-10-7-6-8-11-21/h6-15,18,25-26H,5,16-17H2,1-4H3,(H,31,34)(H,32,37)/t25-,26-,30+/m1/s1. The van der Waals surface area contributed by atoms with Gasteiger partial charge in [-0.1, -0.05) is 60.2 Å². The molecule has 1 fully saturated rings. The van der Waals surface area contributed by atoms with Gasteiger partial charge in [0.15, 0.2) is 22.3 Å². The third kappa shape index (κ3) is 4.64. The van der Waals surface area contributed by atoms with Crippen LogP contribution in [0.5, 0.6) is 11.5 Å². The fraction of sp³-hybridized carbons (Fsp3) is 0.333. The molecule has 2 bridgehead atoms. The maximum Gasteiger partial charge on any atom is 0.236 e. The van der Waals surface area contributed by atoms with Gasteiger partial charge in [-0.15, -0.1) is 0 Å². The molecule has 3 aromatic rings. The summed E-state index contributed by atoms with van der Waals surface area (Å²) in [4.78, 5) is 16.1. The molecule has 192 valence electrons. The van der Waals surface area contributed by atoms with Crippen LogP contribution in [-0.2, 0) is 11.2 Å². The zero-order valence-electron chi connectivity index (χ0n) is 21.7. The summed E-state index contributed by atoms with van der Waals surface area (Å²) in [6, 6.07) is 21.7. The molecule has 1 saturated heterocycles. The first-order valence-corrected chi connectivity index (χ1v) is 13.2. The lowest BCUT2D eigenvalue weighted by Gasteiger charge is -2.56. The molecule has 0 spiro atoms. The van der Waals surface area contributed by atoms with Crippen LogP contribution in [-0.4, -0.2) is 34.8 Å². The van der Waals surface area contributed by atoms with Crippen molar-refractivity contribution < 1.29 is 14.3 Å². The second-order valence-electron chi connectivity index (χ2n) is 9.86. The van der Waals surface area contributed by atoms with Crippen LogP contribution in [0.25, 0.3) is 0 Å². The van der Waals surface area contributed by atoms with Gasteiger partial charge < -0.3 is 25.0 Å². The van der Waals surface area contributed by atoms with Crippen LogP contribution in [0, 0.1) is 19.8 Å². The lowest BCUT2D eigenvalue weighted by molar-refractivity contribution is -0.149. The number of aryl methyl sites for hydroxylation is 2. The molecule has 0 aromatic heterocycles. The molecule has 0 saturated carbocycles. The number of nitrogens with zero attached hydrogens (tertiary/aromatic N) is 1. The van der Waals surface area contributed by atoms with Gasteiger partial charge in [-0.25, -0.2) is 0 Å². The van der Waals surface area contributed by atoms with E-state index in [4.69, 9.17) is 21.7 Å². The highest BCUT2D eigenvalue weighted by Crippen LogP contribution is 2.51. The smallest absolute Gasteiger partial charge is 0.236 e. The van der Waals surface area contributed by atoms with Gasteiger partial charge in [-0.05, 0) is 69.6 Å². The van der Waals surface area contributed by atoms with E-state index in [9.17, 15) is 4.79 Å². The summed E-state index contributed by atoms with van der Waals surface area (Å²) in [6.45, 7) is 9.08. The highest BCUT2D eigenvalue weighted by molar-refractivity contribution is 7.80. The van der Waals surface area contributed by atoms with Crippen molar-refractivity contribution in [2.45, 2.75) is 45.9 Å². The summed E-state index contributed by atoms with van der Waals surface area (Å²) in [6.07, 6.45) is 0.762. The van der Waals surface area contributed by atoms with Gasteiger partial charge in [0.05, 0.1) is 12.6 Å². The predicted molar refractivity (Wildman–Crippen MR) is 150 cm³/mol. The summed E-state index contributed by atoms with van der Waals surface area (Å²) in [5, 5.41) is 7.24. The van der Waals surface area contributed by atoms with Gasteiger partial charge in [0.25, 0.3) is 0 Å². The molecule has 2 aliphatic rings. The van der Waals surface area contributed by atoms with Gasteiger partial charge in [-0.2, -0.15) is 0 Å². The number of benzene rings is 3. The largest absolute Gasteiger partial charge is 0.490 e. The zero-order valence-corrected chi connectivity index (χ0v) is 22.5. The van der Waals surface area contributed by atoms with E-state index in [1.54, 1.807) is 0 Å². The SMILES string of the molecule is CCOc1cccc2c1O[C@@]1(C)[C@@H](C(=O)Nc3ccc(C)cc3C)[C@@H]2NC(=S)N1CCc1ccccc1. The number of carbonyl (C=O) groups is 1.